The van der Waals surface area contributed by atoms with E-state index in [0.29, 0.717) is 6.04 Å². The second kappa shape index (κ2) is 5.70. The third-order valence-electron chi connectivity index (χ3n) is 3.94. The first-order valence-electron chi connectivity index (χ1n) is 7.03. The fourth-order valence-electron chi connectivity index (χ4n) is 2.40. The van der Waals surface area contributed by atoms with Crippen LogP contribution in [0.5, 0.6) is 0 Å². The second-order valence-corrected chi connectivity index (χ2v) is 5.40. The van der Waals surface area contributed by atoms with Crippen LogP contribution >= 0.6 is 0 Å². The first-order chi connectivity index (χ1) is 8.65. The van der Waals surface area contributed by atoms with Crippen molar-refractivity contribution >= 4 is 5.82 Å². The molecule has 0 amide bonds. The minimum Gasteiger partial charge on any atom is -0.357 e. The summed E-state index contributed by atoms with van der Waals surface area (Å²) in [6.45, 7) is 5.39. The van der Waals surface area contributed by atoms with Crippen molar-refractivity contribution in [3.63, 3.8) is 0 Å². The molecular weight excluding hydrogens is 222 g/mol. The van der Waals surface area contributed by atoms with Crippen LogP contribution in [0.25, 0.3) is 0 Å². The topological polar surface area (TPSA) is 28.2 Å². The van der Waals surface area contributed by atoms with Crippen LogP contribution in [0.2, 0.25) is 0 Å². The predicted molar refractivity (Wildman–Crippen MR) is 77.0 cm³/mol. The van der Waals surface area contributed by atoms with Crippen molar-refractivity contribution in [3.8, 4) is 0 Å². The highest BCUT2D eigenvalue weighted by Gasteiger charge is 2.31. The van der Waals surface area contributed by atoms with Crippen molar-refractivity contribution in [1.29, 1.82) is 0 Å². The van der Waals surface area contributed by atoms with E-state index in [-0.39, 0.29) is 0 Å². The van der Waals surface area contributed by atoms with Crippen LogP contribution in [0.1, 0.15) is 37.9 Å². The van der Waals surface area contributed by atoms with Gasteiger partial charge in [-0.05, 0) is 56.8 Å². The van der Waals surface area contributed by atoms with Crippen LogP contribution in [0.15, 0.2) is 12.1 Å². The first-order valence-corrected chi connectivity index (χ1v) is 7.03. The van der Waals surface area contributed by atoms with Gasteiger partial charge in [0.1, 0.15) is 5.82 Å². The monoisotopic (exact) mass is 247 g/mol. The number of nitrogens with one attached hydrogen (secondary N) is 1. The Morgan fingerprint density at radius 1 is 1.44 bits per heavy atom. The third-order valence-corrected chi connectivity index (χ3v) is 3.94. The van der Waals surface area contributed by atoms with E-state index < -0.39 is 0 Å². The molecule has 1 unspecified atom stereocenters. The van der Waals surface area contributed by atoms with E-state index in [0.717, 1.165) is 24.7 Å². The molecule has 0 bridgehead atoms. The SMILES string of the molecule is CCc1cc(CNC)cc(N(C)C(C)C2CC2)n1. The summed E-state index contributed by atoms with van der Waals surface area (Å²) in [7, 11) is 4.16. The number of hydrogen-bond donors (Lipinski definition) is 1. The number of rotatable bonds is 6. The van der Waals surface area contributed by atoms with Crippen molar-refractivity contribution in [2.45, 2.75) is 45.7 Å². The average Bonchev–Trinajstić information content (AvgIpc) is 3.21. The van der Waals surface area contributed by atoms with Gasteiger partial charge < -0.3 is 10.2 Å². The molecule has 18 heavy (non-hydrogen) atoms. The van der Waals surface area contributed by atoms with Gasteiger partial charge >= 0.3 is 0 Å². The minimum atomic E-state index is 0.604. The molecule has 1 aromatic heterocycles. The van der Waals surface area contributed by atoms with E-state index in [4.69, 9.17) is 4.98 Å². The zero-order valence-corrected chi connectivity index (χ0v) is 12.0. The Labute approximate surface area is 111 Å². The molecular formula is C15H25N3. The zero-order chi connectivity index (χ0) is 13.1. The van der Waals surface area contributed by atoms with E-state index in [9.17, 15) is 0 Å². The maximum Gasteiger partial charge on any atom is 0.129 e. The molecule has 0 saturated heterocycles. The Morgan fingerprint density at radius 2 is 2.17 bits per heavy atom. The van der Waals surface area contributed by atoms with Crippen molar-refractivity contribution < 1.29 is 0 Å². The molecule has 1 heterocycles. The number of aromatic nitrogens is 1. The summed E-state index contributed by atoms with van der Waals surface area (Å²) in [5, 5.41) is 3.22. The summed E-state index contributed by atoms with van der Waals surface area (Å²) in [5.74, 6) is 1.99. The van der Waals surface area contributed by atoms with Gasteiger partial charge in [0, 0.05) is 25.3 Å². The van der Waals surface area contributed by atoms with Crippen molar-refractivity contribution in [2.24, 2.45) is 5.92 Å². The maximum absolute atomic E-state index is 4.76. The molecule has 1 N–H and O–H groups in total. The van der Waals surface area contributed by atoms with Gasteiger partial charge in [-0.2, -0.15) is 0 Å². The Balaban J connectivity index is 2.21. The summed E-state index contributed by atoms with van der Waals surface area (Å²) < 4.78 is 0. The Hall–Kier alpha value is -1.09. The standard InChI is InChI=1S/C15H25N3/c1-5-14-8-12(10-16-3)9-15(17-14)18(4)11(2)13-6-7-13/h8-9,11,13,16H,5-7,10H2,1-4H3. The van der Waals surface area contributed by atoms with Crippen LogP contribution in [-0.4, -0.2) is 25.1 Å². The molecule has 1 atom stereocenters. The fourth-order valence-corrected chi connectivity index (χ4v) is 2.40. The number of pyridine rings is 1. The normalized spacial score (nSPS) is 16.7. The van der Waals surface area contributed by atoms with E-state index >= 15 is 0 Å². The highest BCUT2D eigenvalue weighted by atomic mass is 15.2. The average molecular weight is 247 g/mol. The predicted octanol–water partition coefficient (Wildman–Crippen LogP) is 2.60. The molecule has 1 aliphatic carbocycles. The fraction of sp³-hybridized carbons (Fsp3) is 0.667. The number of hydrogen-bond acceptors (Lipinski definition) is 3. The molecule has 0 aliphatic heterocycles. The number of aryl methyl sites for hydroxylation is 1. The largest absolute Gasteiger partial charge is 0.357 e. The van der Waals surface area contributed by atoms with Gasteiger partial charge in [-0.1, -0.05) is 6.92 Å². The molecule has 1 aliphatic rings. The van der Waals surface area contributed by atoms with Gasteiger partial charge in [0.25, 0.3) is 0 Å². The Morgan fingerprint density at radius 3 is 2.72 bits per heavy atom. The zero-order valence-electron chi connectivity index (χ0n) is 12.0. The quantitative estimate of drug-likeness (QED) is 0.837. The molecule has 100 valence electrons. The summed E-state index contributed by atoms with van der Waals surface area (Å²) in [4.78, 5) is 7.11. The molecule has 2 rings (SSSR count). The third kappa shape index (κ3) is 3.02. The van der Waals surface area contributed by atoms with Crippen molar-refractivity contribution in [1.82, 2.24) is 10.3 Å². The van der Waals surface area contributed by atoms with Crippen LogP contribution in [-0.2, 0) is 13.0 Å². The lowest BCUT2D eigenvalue weighted by Crippen LogP contribution is -2.31. The first kappa shape index (κ1) is 13.3. The lowest BCUT2D eigenvalue weighted by atomic mass is 10.1. The van der Waals surface area contributed by atoms with E-state index in [1.54, 1.807) is 0 Å². The maximum atomic E-state index is 4.76. The molecule has 3 nitrogen and oxygen atoms in total. The van der Waals surface area contributed by atoms with Gasteiger partial charge in [0.05, 0.1) is 0 Å². The van der Waals surface area contributed by atoms with Crippen LogP contribution in [0.3, 0.4) is 0 Å². The van der Waals surface area contributed by atoms with Crippen LogP contribution in [0, 0.1) is 5.92 Å². The minimum absolute atomic E-state index is 0.604. The van der Waals surface area contributed by atoms with E-state index in [1.165, 1.54) is 24.1 Å². The summed E-state index contributed by atoms with van der Waals surface area (Å²) >= 11 is 0. The number of anilines is 1. The van der Waals surface area contributed by atoms with Crippen molar-refractivity contribution in [2.75, 3.05) is 19.0 Å². The molecule has 0 radical (unpaired) electrons. The van der Waals surface area contributed by atoms with Gasteiger partial charge in [-0.15, -0.1) is 0 Å². The van der Waals surface area contributed by atoms with E-state index in [2.05, 4.69) is 43.2 Å². The van der Waals surface area contributed by atoms with Crippen molar-refractivity contribution in [3.05, 3.63) is 23.4 Å². The second-order valence-electron chi connectivity index (χ2n) is 5.40. The summed E-state index contributed by atoms with van der Waals surface area (Å²) in [6.07, 6.45) is 3.75. The van der Waals surface area contributed by atoms with Gasteiger partial charge in [-0.25, -0.2) is 4.98 Å². The molecule has 1 saturated carbocycles. The van der Waals surface area contributed by atoms with Gasteiger partial charge in [0.15, 0.2) is 0 Å². The lowest BCUT2D eigenvalue weighted by Gasteiger charge is -2.27. The Kier molecular flexibility index (Phi) is 4.23. The number of nitrogens with zero attached hydrogens (tertiary/aromatic N) is 2. The van der Waals surface area contributed by atoms with Gasteiger partial charge in [-0.3, -0.25) is 0 Å². The summed E-state index contributed by atoms with van der Waals surface area (Å²) in [5.41, 5.74) is 2.52. The molecule has 1 fully saturated rings. The summed E-state index contributed by atoms with van der Waals surface area (Å²) in [6, 6.07) is 5.02. The highest BCUT2D eigenvalue weighted by Crippen LogP contribution is 2.36. The highest BCUT2D eigenvalue weighted by molar-refractivity contribution is 5.43. The molecule has 0 spiro atoms. The molecule has 1 aromatic rings. The van der Waals surface area contributed by atoms with E-state index in [1.807, 2.05) is 7.05 Å². The van der Waals surface area contributed by atoms with Crippen LogP contribution < -0.4 is 10.2 Å². The molecule has 3 heteroatoms. The smallest absolute Gasteiger partial charge is 0.129 e. The van der Waals surface area contributed by atoms with Crippen LogP contribution in [0.4, 0.5) is 5.82 Å². The van der Waals surface area contributed by atoms with Gasteiger partial charge in [0.2, 0.25) is 0 Å². The lowest BCUT2D eigenvalue weighted by molar-refractivity contribution is 0.602. The Bertz CT molecular complexity index is 399. The molecule has 0 aromatic carbocycles.